The number of nitrogen functional groups attached to an aromatic ring is 1. The van der Waals surface area contributed by atoms with E-state index in [-0.39, 0.29) is 15.9 Å². The average molecular weight is 284 g/mol. The van der Waals surface area contributed by atoms with Crippen LogP contribution in [-0.4, -0.2) is 24.6 Å². The summed E-state index contributed by atoms with van der Waals surface area (Å²) in [5.41, 5.74) is 6.79. The number of nitrogens with two attached hydrogens (primary N) is 1. The van der Waals surface area contributed by atoms with E-state index in [1.807, 2.05) is 0 Å². The van der Waals surface area contributed by atoms with Crippen molar-refractivity contribution in [2.24, 2.45) is 0 Å². The molecule has 2 N–H and O–H groups in total. The van der Waals surface area contributed by atoms with Gasteiger partial charge in [0, 0.05) is 11.8 Å². The third-order valence-corrected chi connectivity index (χ3v) is 3.64. The monoisotopic (exact) mass is 283 g/mol. The quantitative estimate of drug-likeness (QED) is 0.908. The number of halogens is 1. The van der Waals surface area contributed by atoms with E-state index in [0.29, 0.717) is 11.3 Å². The average Bonchev–Trinajstić information content (AvgIpc) is 2.31. The second kappa shape index (κ2) is 4.55. The summed E-state index contributed by atoms with van der Waals surface area (Å²) in [6.07, 6.45) is 2.50. The van der Waals surface area contributed by atoms with Gasteiger partial charge in [0.25, 0.3) is 0 Å². The van der Waals surface area contributed by atoms with Crippen molar-refractivity contribution in [1.29, 1.82) is 0 Å². The Kier molecular flexibility index (Phi) is 3.23. The van der Waals surface area contributed by atoms with Crippen molar-refractivity contribution in [2.75, 3.05) is 12.0 Å². The van der Waals surface area contributed by atoms with Crippen LogP contribution in [0.25, 0.3) is 11.3 Å². The maximum Gasteiger partial charge on any atom is 0.175 e. The molecule has 5 nitrogen and oxygen atoms in total. The lowest BCUT2D eigenvalue weighted by atomic mass is 10.1. The Hall–Kier alpha value is -1.66. The number of benzene rings is 1. The Bertz CT molecular complexity index is 684. The van der Waals surface area contributed by atoms with Crippen LogP contribution < -0.4 is 5.73 Å². The van der Waals surface area contributed by atoms with Crippen LogP contribution >= 0.6 is 11.6 Å². The van der Waals surface area contributed by atoms with Crippen LogP contribution in [0.15, 0.2) is 35.4 Å². The Morgan fingerprint density at radius 1 is 1.22 bits per heavy atom. The molecule has 0 atom stereocenters. The van der Waals surface area contributed by atoms with Crippen LogP contribution in [0.3, 0.4) is 0 Å². The van der Waals surface area contributed by atoms with Gasteiger partial charge in [-0.1, -0.05) is 23.7 Å². The van der Waals surface area contributed by atoms with E-state index in [1.54, 1.807) is 12.1 Å². The van der Waals surface area contributed by atoms with Crippen LogP contribution in [0, 0.1) is 0 Å². The van der Waals surface area contributed by atoms with E-state index >= 15 is 0 Å². The Morgan fingerprint density at radius 3 is 2.39 bits per heavy atom. The fourth-order valence-corrected chi connectivity index (χ4v) is 2.21. The first-order valence-corrected chi connectivity index (χ1v) is 7.23. The molecule has 0 aliphatic rings. The molecule has 0 aliphatic heterocycles. The van der Waals surface area contributed by atoms with E-state index in [4.69, 9.17) is 17.3 Å². The normalized spacial score (nSPS) is 11.4. The summed E-state index contributed by atoms with van der Waals surface area (Å²) in [6, 6.07) is 6.22. The molecule has 2 rings (SSSR count). The summed E-state index contributed by atoms with van der Waals surface area (Å²) < 4.78 is 22.7. The largest absolute Gasteiger partial charge is 0.382 e. The summed E-state index contributed by atoms with van der Waals surface area (Å²) in [4.78, 5) is 8.19. The molecule has 7 heteroatoms. The van der Waals surface area contributed by atoms with Gasteiger partial charge in [-0.3, -0.25) is 0 Å². The van der Waals surface area contributed by atoms with Gasteiger partial charge in [-0.05, 0) is 12.1 Å². The maximum atomic E-state index is 11.3. The first-order valence-electron chi connectivity index (χ1n) is 4.96. The summed E-state index contributed by atoms with van der Waals surface area (Å²) in [6.45, 7) is 0. The van der Waals surface area contributed by atoms with Gasteiger partial charge in [-0.25, -0.2) is 18.4 Å². The Labute approximate surface area is 110 Å². The zero-order valence-electron chi connectivity index (χ0n) is 9.46. The van der Waals surface area contributed by atoms with Gasteiger partial charge in [-0.15, -0.1) is 0 Å². The minimum atomic E-state index is -3.21. The predicted octanol–water partition coefficient (Wildman–Crippen LogP) is 1.78. The van der Waals surface area contributed by atoms with Crippen LogP contribution in [0.1, 0.15) is 0 Å². The molecule has 0 saturated carbocycles. The lowest BCUT2D eigenvalue weighted by Gasteiger charge is -2.05. The molecular weight excluding hydrogens is 274 g/mol. The molecule has 0 unspecified atom stereocenters. The SMILES string of the molecule is CS(=O)(=O)c1ccc(-c2nc(Cl)cnc2N)cc1. The number of hydrogen-bond donors (Lipinski definition) is 1. The van der Waals surface area contributed by atoms with E-state index in [9.17, 15) is 8.42 Å². The summed E-state index contributed by atoms with van der Waals surface area (Å²) >= 11 is 5.75. The van der Waals surface area contributed by atoms with Crippen LogP contribution in [0.5, 0.6) is 0 Å². The van der Waals surface area contributed by atoms with Crippen molar-refractivity contribution in [1.82, 2.24) is 9.97 Å². The van der Waals surface area contributed by atoms with Gasteiger partial charge < -0.3 is 5.73 Å². The van der Waals surface area contributed by atoms with Gasteiger partial charge >= 0.3 is 0 Å². The van der Waals surface area contributed by atoms with Crippen LogP contribution in [0.2, 0.25) is 5.15 Å². The zero-order valence-corrected chi connectivity index (χ0v) is 11.0. The molecule has 0 bridgehead atoms. The van der Waals surface area contributed by atoms with Crippen molar-refractivity contribution >= 4 is 27.3 Å². The number of sulfone groups is 1. The van der Waals surface area contributed by atoms with Crippen molar-refractivity contribution in [3.05, 3.63) is 35.6 Å². The molecule has 1 heterocycles. The topological polar surface area (TPSA) is 85.9 Å². The molecule has 0 amide bonds. The lowest BCUT2D eigenvalue weighted by molar-refractivity contribution is 0.602. The second-order valence-electron chi connectivity index (χ2n) is 3.72. The molecule has 0 fully saturated rings. The molecule has 94 valence electrons. The fraction of sp³-hybridized carbons (Fsp3) is 0.0909. The number of rotatable bonds is 2. The molecule has 2 aromatic rings. The number of hydrogen-bond acceptors (Lipinski definition) is 5. The minimum absolute atomic E-state index is 0.228. The third-order valence-electron chi connectivity index (χ3n) is 2.33. The van der Waals surface area contributed by atoms with Crippen LogP contribution in [-0.2, 0) is 9.84 Å². The molecule has 0 saturated heterocycles. The van der Waals surface area contributed by atoms with E-state index < -0.39 is 9.84 Å². The van der Waals surface area contributed by atoms with Gasteiger partial charge in [0.2, 0.25) is 0 Å². The fourth-order valence-electron chi connectivity index (χ4n) is 1.45. The van der Waals surface area contributed by atoms with Crippen molar-refractivity contribution < 1.29 is 8.42 Å². The summed E-state index contributed by atoms with van der Waals surface area (Å²) in [5, 5.41) is 0.228. The highest BCUT2D eigenvalue weighted by molar-refractivity contribution is 7.90. The highest BCUT2D eigenvalue weighted by Gasteiger charge is 2.10. The predicted molar refractivity (Wildman–Crippen MR) is 70.0 cm³/mol. The van der Waals surface area contributed by atoms with Crippen molar-refractivity contribution in [2.45, 2.75) is 4.90 Å². The van der Waals surface area contributed by atoms with Gasteiger partial charge in [0.05, 0.1) is 11.1 Å². The highest BCUT2D eigenvalue weighted by atomic mass is 35.5. The smallest absolute Gasteiger partial charge is 0.175 e. The number of anilines is 1. The van der Waals surface area contributed by atoms with Crippen molar-refractivity contribution in [3.8, 4) is 11.3 Å². The molecule has 1 aromatic carbocycles. The first-order chi connectivity index (χ1) is 8.38. The van der Waals surface area contributed by atoms with Crippen molar-refractivity contribution in [3.63, 3.8) is 0 Å². The van der Waals surface area contributed by atoms with E-state index in [1.165, 1.54) is 18.3 Å². The van der Waals surface area contributed by atoms with Crippen LogP contribution in [0.4, 0.5) is 5.82 Å². The van der Waals surface area contributed by atoms with Gasteiger partial charge in [0.15, 0.2) is 9.84 Å². The standard InChI is InChI=1S/C11H10ClN3O2S/c1-18(16,17)8-4-2-7(3-5-8)10-11(13)14-6-9(12)15-10/h2-6H,1H3,(H2,13,14). The Balaban J connectivity index is 2.50. The molecule has 1 aromatic heterocycles. The molecule has 0 spiro atoms. The number of aromatic nitrogens is 2. The van der Waals surface area contributed by atoms with Gasteiger partial charge in [0.1, 0.15) is 16.7 Å². The summed E-state index contributed by atoms with van der Waals surface area (Å²) in [7, 11) is -3.21. The molecular formula is C11H10ClN3O2S. The molecule has 0 radical (unpaired) electrons. The Morgan fingerprint density at radius 2 is 1.83 bits per heavy atom. The van der Waals surface area contributed by atoms with E-state index in [0.717, 1.165) is 6.26 Å². The second-order valence-corrected chi connectivity index (χ2v) is 6.13. The number of nitrogens with zero attached hydrogens (tertiary/aromatic N) is 2. The first kappa shape index (κ1) is 12.8. The lowest BCUT2D eigenvalue weighted by Crippen LogP contribution is -1.99. The molecule has 0 aliphatic carbocycles. The highest BCUT2D eigenvalue weighted by Crippen LogP contribution is 2.24. The molecule has 18 heavy (non-hydrogen) atoms. The van der Waals surface area contributed by atoms with E-state index in [2.05, 4.69) is 9.97 Å². The zero-order chi connectivity index (χ0) is 13.3. The minimum Gasteiger partial charge on any atom is -0.382 e. The van der Waals surface area contributed by atoms with Gasteiger partial charge in [-0.2, -0.15) is 0 Å². The third kappa shape index (κ3) is 2.60. The summed E-state index contributed by atoms with van der Waals surface area (Å²) in [5.74, 6) is 0.242. The maximum absolute atomic E-state index is 11.3.